The third-order valence-corrected chi connectivity index (χ3v) is 5.24. The van der Waals surface area contributed by atoms with Gasteiger partial charge in [0.1, 0.15) is 0 Å². The molecule has 1 aliphatic carbocycles. The van der Waals surface area contributed by atoms with Gasteiger partial charge in [-0.3, -0.25) is 9.59 Å². The number of carbonyl (C=O) groups excluding carboxylic acids is 1. The first-order chi connectivity index (χ1) is 11.5. The van der Waals surface area contributed by atoms with Crippen LogP contribution in [0, 0.1) is 0 Å². The molecule has 0 unspecified atom stereocenters. The summed E-state index contributed by atoms with van der Waals surface area (Å²) in [7, 11) is 0. The number of carboxylic acid groups (broad SMARTS) is 1. The Kier molecular flexibility index (Phi) is 4.94. The Morgan fingerprint density at radius 3 is 2.62 bits per heavy atom. The Morgan fingerprint density at radius 2 is 2.00 bits per heavy atom. The van der Waals surface area contributed by atoms with E-state index < -0.39 is 11.5 Å². The van der Waals surface area contributed by atoms with Crippen molar-refractivity contribution < 1.29 is 14.7 Å². The lowest BCUT2D eigenvalue weighted by Gasteiger charge is -2.41. The van der Waals surface area contributed by atoms with Gasteiger partial charge in [-0.2, -0.15) is 0 Å². The molecule has 1 aromatic carbocycles. The van der Waals surface area contributed by atoms with E-state index in [-0.39, 0.29) is 18.7 Å². The molecule has 6 heteroatoms. The summed E-state index contributed by atoms with van der Waals surface area (Å²) in [4.78, 5) is 27.7. The molecule has 0 atom stereocenters. The Bertz CT molecular complexity index is 723. The predicted molar refractivity (Wildman–Crippen MR) is 92.0 cm³/mol. The number of hydrogen-bond donors (Lipinski definition) is 2. The molecule has 0 aliphatic heterocycles. The third kappa shape index (κ3) is 4.20. The van der Waals surface area contributed by atoms with Crippen LogP contribution in [0.2, 0.25) is 0 Å². The highest BCUT2D eigenvalue weighted by Crippen LogP contribution is 2.35. The van der Waals surface area contributed by atoms with E-state index in [1.807, 2.05) is 23.6 Å². The average Bonchev–Trinajstić information content (AvgIpc) is 2.92. The van der Waals surface area contributed by atoms with E-state index in [2.05, 4.69) is 22.4 Å². The minimum atomic E-state index is -0.867. The van der Waals surface area contributed by atoms with Crippen LogP contribution in [0.4, 0.5) is 0 Å². The summed E-state index contributed by atoms with van der Waals surface area (Å²) >= 11 is 1.55. The number of nitrogens with zero attached hydrogens (tertiary/aromatic N) is 1. The molecule has 3 rings (SSSR count). The summed E-state index contributed by atoms with van der Waals surface area (Å²) in [5, 5.41) is 14.8. The standard InChI is InChI=1S/C18H20N2O3S/c21-15(20-18(7-4-8-18)11-17(22)23)10-14-12-24-16(19-14)9-13-5-2-1-3-6-13/h1-3,5-6,12H,4,7-11H2,(H,20,21)(H,22,23). The SMILES string of the molecule is O=C(O)CC1(NC(=O)Cc2csc(Cc3ccccc3)n2)CCC1. The van der Waals surface area contributed by atoms with Crippen molar-refractivity contribution in [3.63, 3.8) is 0 Å². The average molecular weight is 344 g/mol. The molecule has 126 valence electrons. The minimum Gasteiger partial charge on any atom is -0.481 e. The molecule has 1 aliphatic rings. The summed E-state index contributed by atoms with van der Waals surface area (Å²) in [5.74, 6) is -1.01. The van der Waals surface area contributed by atoms with Gasteiger partial charge in [0, 0.05) is 11.8 Å². The van der Waals surface area contributed by atoms with Crippen LogP contribution in [0.1, 0.15) is 41.9 Å². The van der Waals surface area contributed by atoms with E-state index in [0.29, 0.717) is 0 Å². The molecule has 2 N–H and O–H groups in total. The van der Waals surface area contributed by atoms with E-state index in [1.165, 1.54) is 5.56 Å². The summed E-state index contributed by atoms with van der Waals surface area (Å²) in [6.07, 6.45) is 3.39. The van der Waals surface area contributed by atoms with Crippen molar-refractivity contribution in [2.24, 2.45) is 0 Å². The fourth-order valence-electron chi connectivity index (χ4n) is 3.03. The number of thiazole rings is 1. The largest absolute Gasteiger partial charge is 0.481 e. The van der Waals surface area contributed by atoms with Gasteiger partial charge in [-0.25, -0.2) is 4.98 Å². The van der Waals surface area contributed by atoms with Crippen LogP contribution in [-0.4, -0.2) is 27.5 Å². The van der Waals surface area contributed by atoms with Crippen LogP contribution in [0.5, 0.6) is 0 Å². The maximum Gasteiger partial charge on any atom is 0.305 e. The van der Waals surface area contributed by atoms with Gasteiger partial charge >= 0.3 is 5.97 Å². The highest BCUT2D eigenvalue weighted by molar-refractivity contribution is 7.09. The maximum absolute atomic E-state index is 12.2. The second-order valence-corrected chi connectivity index (χ2v) is 7.27. The predicted octanol–water partition coefficient (Wildman–Crippen LogP) is 2.79. The molecule has 24 heavy (non-hydrogen) atoms. The number of carboxylic acids is 1. The number of rotatable bonds is 7. The highest BCUT2D eigenvalue weighted by Gasteiger charge is 2.40. The van der Waals surface area contributed by atoms with Crippen molar-refractivity contribution in [1.82, 2.24) is 10.3 Å². The normalized spacial score (nSPS) is 15.5. The second kappa shape index (κ2) is 7.13. The molecule has 1 heterocycles. The quantitative estimate of drug-likeness (QED) is 0.809. The number of aliphatic carboxylic acids is 1. The molecule has 0 radical (unpaired) electrons. The fourth-order valence-corrected chi connectivity index (χ4v) is 3.85. The van der Waals surface area contributed by atoms with Gasteiger partial charge in [0.25, 0.3) is 0 Å². The first kappa shape index (κ1) is 16.6. The van der Waals surface area contributed by atoms with Crippen molar-refractivity contribution in [1.29, 1.82) is 0 Å². The van der Waals surface area contributed by atoms with Gasteiger partial charge < -0.3 is 10.4 Å². The number of hydrogen-bond acceptors (Lipinski definition) is 4. The van der Waals surface area contributed by atoms with Gasteiger partial charge in [-0.1, -0.05) is 30.3 Å². The summed E-state index contributed by atoms with van der Waals surface area (Å²) in [6.45, 7) is 0. The molecule has 1 fully saturated rings. The molecule has 1 amide bonds. The Balaban J connectivity index is 1.56. The molecule has 1 aromatic heterocycles. The lowest BCUT2D eigenvalue weighted by molar-refractivity contribution is -0.140. The Hall–Kier alpha value is -2.21. The van der Waals surface area contributed by atoms with Gasteiger partial charge in [-0.05, 0) is 24.8 Å². The third-order valence-electron chi connectivity index (χ3n) is 4.34. The summed E-state index contributed by atoms with van der Waals surface area (Å²) in [5.41, 5.74) is 1.39. The van der Waals surface area contributed by atoms with Crippen LogP contribution >= 0.6 is 11.3 Å². The smallest absolute Gasteiger partial charge is 0.305 e. The van der Waals surface area contributed by atoms with Crippen LogP contribution in [0.15, 0.2) is 35.7 Å². The Labute approximate surface area is 144 Å². The van der Waals surface area contributed by atoms with Crippen molar-refractivity contribution in [3.8, 4) is 0 Å². The molecule has 2 aromatic rings. The van der Waals surface area contributed by atoms with E-state index >= 15 is 0 Å². The molecular formula is C18H20N2O3S. The van der Waals surface area contributed by atoms with Crippen LogP contribution in [0.25, 0.3) is 0 Å². The van der Waals surface area contributed by atoms with Crippen LogP contribution in [0.3, 0.4) is 0 Å². The summed E-state index contributed by atoms with van der Waals surface area (Å²) in [6, 6.07) is 10.1. The van der Waals surface area contributed by atoms with E-state index in [0.717, 1.165) is 36.4 Å². The van der Waals surface area contributed by atoms with E-state index in [9.17, 15) is 9.59 Å². The maximum atomic E-state index is 12.2. The van der Waals surface area contributed by atoms with E-state index in [1.54, 1.807) is 11.3 Å². The first-order valence-corrected chi connectivity index (χ1v) is 8.93. The number of aromatic nitrogens is 1. The number of nitrogens with one attached hydrogen (secondary N) is 1. The lowest BCUT2D eigenvalue weighted by atomic mass is 9.74. The molecular weight excluding hydrogens is 324 g/mol. The van der Waals surface area contributed by atoms with Crippen molar-refractivity contribution >= 4 is 23.2 Å². The number of carbonyl (C=O) groups is 2. The molecule has 0 bridgehead atoms. The number of benzene rings is 1. The molecule has 0 saturated heterocycles. The molecule has 1 saturated carbocycles. The monoisotopic (exact) mass is 344 g/mol. The fraction of sp³-hybridized carbons (Fsp3) is 0.389. The number of amides is 1. The van der Waals surface area contributed by atoms with Crippen LogP contribution < -0.4 is 5.32 Å². The summed E-state index contributed by atoms with van der Waals surface area (Å²) < 4.78 is 0. The van der Waals surface area contributed by atoms with Crippen molar-refractivity contribution in [2.45, 2.75) is 44.1 Å². The Morgan fingerprint density at radius 1 is 1.25 bits per heavy atom. The van der Waals surface area contributed by atoms with Gasteiger partial charge in [0.05, 0.1) is 29.1 Å². The zero-order valence-electron chi connectivity index (χ0n) is 13.3. The lowest BCUT2D eigenvalue weighted by Crippen LogP contribution is -2.55. The zero-order valence-corrected chi connectivity index (χ0v) is 14.1. The molecule has 5 nitrogen and oxygen atoms in total. The van der Waals surface area contributed by atoms with Gasteiger partial charge in [0.15, 0.2) is 0 Å². The van der Waals surface area contributed by atoms with Crippen LogP contribution in [-0.2, 0) is 22.4 Å². The first-order valence-electron chi connectivity index (χ1n) is 8.05. The van der Waals surface area contributed by atoms with Crippen molar-refractivity contribution in [2.75, 3.05) is 0 Å². The highest BCUT2D eigenvalue weighted by atomic mass is 32.1. The second-order valence-electron chi connectivity index (χ2n) is 6.32. The minimum absolute atomic E-state index is 0.00490. The molecule has 0 spiro atoms. The topological polar surface area (TPSA) is 79.3 Å². The van der Waals surface area contributed by atoms with E-state index in [4.69, 9.17) is 5.11 Å². The zero-order chi connectivity index (χ0) is 17.0. The van der Waals surface area contributed by atoms with Gasteiger partial charge in [-0.15, -0.1) is 11.3 Å². The van der Waals surface area contributed by atoms with Gasteiger partial charge in [0.2, 0.25) is 5.91 Å². The van der Waals surface area contributed by atoms with Crippen molar-refractivity contribution in [3.05, 3.63) is 52.0 Å².